The molecule has 0 aliphatic heterocycles. The highest BCUT2D eigenvalue weighted by molar-refractivity contribution is 7.03. The maximum atomic E-state index is 11.6. The minimum atomic E-state index is 0.119. The SMILES string of the molecule is O=C(C1=CCCC1)c1ccsn1. The van der Waals surface area contributed by atoms with Crippen molar-refractivity contribution in [1.82, 2.24) is 4.37 Å². The van der Waals surface area contributed by atoms with Crippen molar-refractivity contribution in [3.05, 3.63) is 28.8 Å². The number of Topliss-reactive ketones (excluding diaryl/α,β-unsaturated/α-hetero) is 1. The Hall–Kier alpha value is -0.960. The van der Waals surface area contributed by atoms with E-state index in [0.29, 0.717) is 5.69 Å². The summed E-state index contributed by atoms with van der Waals surface area (Å²) in [5.74, 6) is 0.119. The van der Waals surface area contributed by atoms with Crippen LogP contribution in [0.25, 0.3) is 0 Å². The second-order valence-electron chi connectivity index (χ2n) is 2.84. The number of hydrogen-bond acceptors (Lipinski definition) is 3. The van der Waals surface area contributed by atoms with E-state index in [1.54, 1.807) is 6.07 Å². The summed E-state index contributed by atoms with van der Waals surface area (Å²) < 4.78 is 4.01. The number of nitrogens with zero attached hydrogens (tertiary/aromatic N) is 1. The molecule has 62 valence electrons. The Morgan fingerprint density at radius 1 is 1.58 bits per heavy atom. The Kier molecular flexibility index (Phi) is 2.04. The first-order valence-electron chi connectivity index (χ1n) is 4.02. The lowest BCUT2D eigenvalue weighted by molar-refractivity contribution is 0.102. The minimum absolute atomic E-state index is 0.119. The molecule has 0 N–H and O–H groups in total. The van der Waals surface area contributed by atoms with Gasteiger partial charge in [0, 0.05) is 5.38 Å². The zero-order valence-corrected chi connectivity index (χ0v) is 7.43. The Morgan fingerprint density at radius 3 is 3.08 bits per heavy atom. The van der Waals surface area contributed by atoms with E-state index in [0.717, 1.165) is 24.8 Å². The van der Waals surface area contributed by atoms with Gasteiger partial charge in [-0.1, -0.05) is 6.08 Å². The molecule has 2 rings (SSSR count). The topological polar surface area (TPSA) is 30.0 Å². The Morgan fingerprint density at radius 2 is 2.50 bits per heavy atom. The van der Waals surface area contributed by atoms with Crippen LogP contribution in [0.15, 0.2) is 23.1 Å². The predicted octanol–water partition coefficient (Wildman–Crippen LogP) is 2.44. The molecule has 0 saturated carbocycles. The Labute approximate surface area is 75.1 Å². The summed E-state index contributed by atoms with van der Waals surface area (Å²) in [5, 5.41) is 1.84. The highest BCUT2D eigenvalue weighted by Gasteiger charge is 2.16. The highest BCUT2D eigenvalue weighted by Crippen LogP contribution is 2.21. The zero-order chi connectivity index (χ0) is 8.39. The molecule has 0 bridgehead atoms. The van der Waals surface area contributed by atoms with Gasteiger partial charge in [-0.3, -0.25) is 4.79 Å². The normalized spacial score (nSPS) is 16.2. The number of carbonyl (C=O) groups is 1. The third-order valence-corrected chi connectivity index (χ3v) is 2.56. The molecule has 0 saturated heterocycles. The fourth-order valence-corrected chi connectivity index (χ4v) is 1.88. The van der Waals surface area contributed by atoms with Crippen LogP contribution in [0.1, 0.15) is 29.8 Å². The van der Waals surface area contributed by atoms with Crippen LogP contribution >= 0.6 is 11.5 Å². The molecule has 0 radical (unpaired) electrons. The van der Waals surface area contributed by atoms with E-state index in [-0.39, 0.29) is 5.78 Å². The smallest absolute Gasteiger partial charge is 0.208 e. The van der Waals surface area contributed by atoms with Crippen molar-refractivity contribution in [2.75, 3.05) is 0 Å². The molecule has 0 amide bonds. The number of ketones is 1. The van der Waals surface area contributed by atoms with E-state index in [9.17, 15) is 4.79 Å². The van der Waals surface area contributed by atoms with Gasteiger partial charge in [0.2, 0.25) is 5.78 Å². The van der Waals surface area contributed by atoms with Crippen molar-refractivity contribution in [2.24, 2.45) is 0 Å². The summed E-state index contributed by atoms with van der Waals surface area (Å²) in [6, 6.07) is 1.78. The summed E-state index contributed by atoms with van der Waals surface area (Å²) in [4.78, 5) is 11.6. The lowest BCUT2D eigenvalue weighted by atomic mass is 10.1. The quantitative estimate of drug-likeness (QED) is 0.653. The second-order valence-corrected chi connectivity index (χ2v) is 3.50. The van der Waals surface area contributed by atoms with Crippen LogP contribution in [0.2, 0.25) is 0 Å². The molecule has 0 aromatic carbocycles. The zero-order valence-electron chi connectivity index (χ0n) is 6.62. The maximum absolute atomic E-state index is 11.6. The van der Waals surface area contributed by atoms with Gasteiger partial charge in [-0.2, -0.15) is 4.37 Å². The van der Waals surface area contributed by atoms with Crippen LogP contribution in [0.4, 0.5) is 0 Å². The minimum Gasteiger partial charge on any atom is -0.287 e. The van der Waals surface area contributed by atoms with Crippen LogP contribution in [0.3, 0.4) is 0 Å². The first-order valence-corrected chi connectivity index (χ1v) is 4.86. The summed E-state index contributed by atoms with van der Waals surface area (Å²) in [6.07, 6.45) is 5.12. The molecule has 1 aliphatic rings. The van der Waals surface area contributed by atoms with Crippen molar-refractivity contribution in [1.29, 1.82) is 0 Å². The average Bonchev–Trinajstić information content (AvgIpc) is 2.77. The monoisotopic (exact) mass is 179 g/mol. The lowest BCUT2D eigenvalue weighted by Crippen LogP contribution is -2.00. The average molecular weight is 179 g/mol. The van der Waals surface area contributed by atoms with Gasteiger partial charge >= 0.3 is 0 Å². The standard InChI is InChI=1S/C9H9NOS/c11-9(7-3-1-2-4-7)8-5-6-12-10-8/h3,5-6H,1-2,4H2. The van der Waals surface area contributed by atoms with Gasteiger partial charge in [0.1, 0.15) is 5.69 Å². The fourth-order valence-electron chi connectivity index (χ4n) is 1.37. The molecule has 2 nitrogen and oxygen atoms in total. The number of carbonyl (C=O) groups excluding carboxylic acids is 1. The van der Waals surface area contributed by atoms with Crippen LogP contribution in [0, 0.1) is 0 Å². The number of allylic oxidation sites excluding steroid dienone is 2. The third-order valence-electron chi connectivity index (χ3n) is 2.00. The first-order chi connectivity index (χ1) is 5.88. The summed E-state index contributed by atoms with van der Waals surface area (Å²) in [5.41, 5.74) is 1.55. The predicted molar refractivity (Wildman–Crippen MR) is 48.4 cm³/mol. The Bertz CT molecular complexity index is 313. The van der Waals surface area contributed by atoms with E-state index in [4.69, 9.17) is 0 Å². The van der Waals surface area contributed by atoms with Crippen molar-refractivity contribution < 1.29 is 4.79 Å². The summed E-state index contributed by atoms with van der Waals surface area (Å²) >= 11 is 1.33. The summed E-state index contributed by atoms with van der Waals surface area (Å²) in [7, 11) is 0. The van der Waals surface area contributed by atoms with Gasteiger partial charge in [-0.25, -0.2) is 0 Å². The lowest BCUT2D eigenvalue weighted by Gasteiger charge is -1.95. The molecule has 1 aromatic rings. The van der Waals surface area contributed by atoms with Crippen molar-refractivity contribution >= 4 is 17.3 Å². The van der Waals surface area contributed by atoms with E-state index in [2.05, 4.69) is 4.37 Å². The fraction of sp³-hybridized carbons (Fsp3) is 0.333. The molecule has 1 heterocycles. The van der Waals surface area contributed by atoms with Gasteiger partial charge in [0.05, 0.1) is 0 Å². The number of aromatic nitrogens is 1. The first kappa shape index (κ1) is 7.68. The molecule has 3 heteroatoms. The summed E-state index contributed by atoms with van der Waals surface area (Å²) in [6.45, 7) is 0. The van der Waals surface area contributed by atoms with Gasteiger partial charge in [0.25, 0.3) is 0 Å². The molecule has 1 aliphatic carbocycles. The molecule has 0 spiro atoms. The molecule has 0 fully saturated rings. The van der Waals surface area contributed by atoms with Crippen molar-refractivity contribution in [3.8, 4) is 0 Å². The van der Waals surface area contributed by atoms with Crippen LogP contribution in [-0.2, 0) is 0 Å². The van der Waals surface area contributed by atoms with Gasteiger partial charge in [0.15, 0.2) is 0 Å². The van der Waals surface area contributed by atoms with Gasteiger partial charge < -0.3 is 0 Å². The van der Waals surface area contributed by atoms with E-state index in [1.165, 1.54) is 11.5 Å². The van der Waals surface area contributed by atoms with Crippen LogP contribution in [-0.4, -0.2) is 10.2 Å². The highest BCUT2D eigenvalue weighted by atomic mass is 32.1. The molecule has 0 atom stereocenters. The molecule has 1 aromatic heterocycles. The molecular weight excluding hydrogens is 170 g/mol. The second kappa shape index (κ2) is 3.19. The van der Waals surface area contributed by atoms with Crippen molar-refractivity contribution in [3.63, 3.8) is 0 Å². The van der Waals surface area contributed by atoms with Gasteiger partial charge in [-0.15, -0.1) is 0 Å². The number of rotatable bonds is 2. The van der Waals surface area contributed by atoms with E-state index < -0.39 is 0 Å². The third kappa shape index (κ3) is 1.32. The van der Waals surface area contributed by atoms with E-state index in [1.807, 2.05) is 11.5 Å². The van der Waals surface area contributed by atoms with E-state index >= 15 is 0 Å². The van der Waals surface area contributed by atoms with Gasteiger partial charge in [-0.05, 0) is 42.4 Å². The maximum Gasteiger partial charge on any atom is 0.208 e. The largest absolute Gasteiger partial charge is 0.287 e. The van der Waals surface area contributed by atoms with Crippen molar-refractivity contribution in [2.45, 2.75) is 19.3 Å². The molecular formula is C9H9NOS. The number of hydrogen-bond donors (Lipinski definition) is 0. The Balaban J connectivity index is 2.20. The molecule has 12 heavy (non-hydrogen) atoms. The molecule has 0 unspecified atom stereocenters. The van der Waals surface area contributed by atoms with Crippen LogP contribution in [0.5, 0.6) is 0 Å². The van der Waals surface area contributed by atoms with Crippen LogP contribution < -0.4 is 0 Å².